The fourth-order valence-corrected chi connectivity index (χ4v) is 7.31. The van der Waals surface area contributed by atoms with E-state index in [1.165, 1.54) is 89.9 Å². The second-order valence-electron chi connectivity index (χ2n) is 14.8. The van der Waals surface area contributed by atoms with Gasteiger partial charge < -0.3 is 16.8 Å². The Hall–Kier alpha value is -1.47. The number of aromatic nitrogens is 3. The van der Waals surface area contributed by atoms with E-state index in [-0.39, 0.29) is 11.4 Å². The molecule has 3 rings (SSSR count). The summed E-state index contributed by atoms with van der Waals surface area (Å²) in [6.45, 7) is 9.61. The zero-order valence-electron chi connectivity index (χ0n) is 26.5. The van der Waals surface area contributed by atoms with Crippen LogP contribution in [0.4, 0.5) is 0 Å². The zero-order valence-corrected chi connectivity index (χ0v) is 26.5. The largest absolute Gasteiger partial charge is 0.349 e. The number of hydrogen-bond acceptors (Lipinski definition) is 5. The lowest BCUT2D eigenvalue weighted by molar-refractivity contribution is -0.124. The van der Waals surface area contributed by atoms with Gasteiger partial charge in [0.1, 0.15) is 0 Å². The molecule has 3 atom stereocenters. The number of amides is 1. The summed E-state index contributed by atoms with van der Waals surface area (Å²) in [7, 11) is 0. The van der Waals surface area contributed by atoms with Crippen molar-refractivity contribution in [3.8, 4) is 0 Å². The SMILES string of the molecule is CC1(N)CCCC(C)(N)C(C)(NC(=O)CCc2cn(CCCCC3(C)CCCCCCCCCCCC3)nn2)C1. The van der Waals surface area contributed by atoms with Crippen LogP contribution in [0.2, 0.25) is 0 Å². The second-order valence-corrected chi connectivity index (χ2v) is 14.8. The standard InChI is InChI=1S/C33H62N6O/c1-30(20-13-11-9-7-5-6-8-10-12-14-21-30)22-15-16-25-39-26-28(37-38-39)18-19-29(40)36-33(4)27-31(2,34)23-17-24-32(33,3)35/h26H,5-25,27,34-35H2,1-4H3,(H,36,40). The monoisotopic (exact) mass is 558 g/mol. The maximum atomic E-state index is 13.0. The maximum Gasteiger partial charge on any atom is 0.220 e. The predicted molar refractivity (Wildman–Crippen MR) is 166 cm³/mol. The molecule has 0 radical (unpaired) electrons. The Morgan fingerprint density at radius 1 is 0.850 bits per heavy atom. The molecule has 0 aromatic carbocycles. The van der Waals surface area contributed by atoms with Crippen LogP contribution in [-0.4, -0.2) is 37.5 Å². The van der Waals surface area contributed by atoms with Crippen LogP contribution in [0.1, 0.15) is 162 Å². The predicted octanol–water partition coefficient (Wildman–Crippen LogP) is 6.97. The lowest BCUT2D eigenvalue weighted by Crippen LogP contribution is -2.67. The van der Waals surface area contributed by atoms with E-state index in [2.05, 4.69) is 36.4 Å². The Labute approximate surface area is 245 Å². The van der Waals surface area contributed by atoms with Gasteiger partial charge in [0.2, 0.25) is 5.91 Å². The van der Waals surface area contributed by atoms with Gasteiger partial charge in [0.15, 0.2) is 0 Å². The number of unbranched alkanes of at least 4 members (excludes halogenated alkanes) is 1. The van der Waals surface area contributed by atoms with Crippen molar-refractivity contribution in [2.75, 3.05) is 0 Å². The van der Waals surface area contributed by atoms with E-state index in [9.17, 15) is 4.79 Å². The molecule has 0 saturated heterocycles. The molecule has 7 nitrogen and oxygen atoms in total. The molecule has 230 valence electrons. The first-order chi connectivity index (χ1) is 18.9. The maximum absolute atomic E-state index is 13.0. The van der Waals surface area contributed by atoms with Crippen molar-refractivity contribution in [1.82, 2.24) is 20.3 Å². The summed E-state index contributed by atoms with van der Waals surface area (Å²) in [6, 6.07) is 0. The van der Waals surface area contributed by atoms with Crippen molar-refractivity contribution in [3.05, 3.63) is 11.9 Å². The molecule has 0 bridgehead atoms. The third-order valence-electron chi connectivity index (χ3n) is 10.3. The number of nitrogens with zero attached hydrogens (tertiary/aromatic N) is 3. The van der Waals surface area contributed by atoms with E-state index >= 15 is 0 Å². The first-order valence-corrected chi connectivity index (χ1v) is 16.7. The molecule has 1 aromatic rings. The molecule has 7 heteroatoms. The number of carbonyl (C=O) groups excluding carboxylic acids is 1. The van der Waals surface area contributed by atoms with Crippen LogP contribution in [0.15, 0.2) is 6.20 Å². The number of carbonyl (C=O) groups is 1. The van der Waals surface area contributed by atoms with Crippen LogP contribution >= 0.6 is 0 Å². The Bertz CT molecular complexity index is 879. The molecule has 0 spiro atoms. The van der Waals surface area contributed by atoms with Crippen LogP contribution in [0.3, 0.4) is 0 Å². The van der Waals surface area contributed by atoms with Gasteiger partial charge in [-0.3, -0.25) is 9.48 Å². The quantitative estimate of drug-likeness (QED) is 0.224. The van der Waals surface area contributed by atoms with E-state index in [0.29, 0.717) is 24.7 Å². The minimum atomic E-state index is -0.537. The average Bonchev–Trinajstić information content (AvgIpc) is 3.30. The Morgan fingerprint density at radius 3 is 2.08 bits per heavy atom. The molecular formula is C33H62N6O. The third kappa shape index (κ3) is 10.7. The van der Waals surface area contributed by atoms with Crippen LogP contribution in [0.5, 0.6) is 0 Å². The highest BCUT2D eigenvalue weighted by molar-refractivity contribution is 5.77. The Balaban J connectivity index is 1.41. The van der Waals surface area contributed by atoms with E-state index in [1.54, 1.807) is 0 Å². The van der Waals surface area contributed by atoms with Crippen molar-refractivity contribution >= 4 is 5.91 Å². The van der Waals surface area contributed by atoms with Crippen LogP contribution < -0.4 is 16.8 Å². The minimum absolute atomic E-state index is 0.00678. The number of nitrogens with two attached hydrogens (primary N) is 2. The van der Waals surface area contributed by atoms with Gasteiger partial charge in [0, 0.05) is 36.7 Å². The fraction of sp³-hybridized carbons (Fsp3) is 0.909. The zero-order chi connectivity index (χ0) is 29.1. The molecule has 2 fully saturated rings. The van der Waals surface area contributed by atoms with Gasteiger partial charge in [-0.25, -0.2) is 0 Å². The van der Waals surface area contributed by atoms with Gasteiger partial charge in [0.05, 0.1) is 11.2 Å². The van der Waals surface area contributed by atoms with E-state index in [0.717, 1.165) is 37.9 Å². The summed E-state index contributed by atoms with van der Waals surface area (Å²) in [4.78, 5) is 13.0. The second kappa shape index (κ2) is 15.1. The average molecular weight is 559 g/mol. The fourth-order valence-electron chi connectivity index (χ4n) is 7.31. The Morgan fingerprint density at radius 2 is 1.45 bits per heavy atom. The highest BCUT2D eigenvalue weighted by atomic mass is 16.1. The first-order valence-electron chi connectivity index (χ1n) is 16.7. The molecule has 1 aromatic heterocycles. The van der Waals surface area contributed by atoms with Crippen molar-refractivity contribution in [2.45, 2.75) is 186 Å². The summed E-state index contributed by atoms with van der Waals surface area (Å²) in [5.41, 5.74) is 13.2. The molecule has 2 aliphatic rings. The van der Waals surface area contributed by atoms with Crippen molar-refractivity contribution in [3.63, 3.8) is 0 Å². The topological polar surface area (TPSA) is 112 Å². The lowest BCUT2D eigenvalue weighted by Gasteiger charge is -2.46. The summed E-state index contributed by atoms with van der Waals surface area (Å²) in [5, 5.41) is 12.0. The minimum Gasteiger partial charge on any atom is -0.349 e. The van der Waals surface area contributed by atoms with Gasteiger partial charge in [0.25, 0.3) is 0 Å². The van der Waals surface area contributed by atoms with Gasteiger partial charge in [-0.05, 0) is 77.6 Å². The lowest BCUT2D eigenvalue weighted by atomic mass is 9.73. The molecule has 2 aliphatic carbocycles. The highest BCUT2D eigenvalue weighted by Crippen LogP contribution is 2.38. The van der Waals surface area contributed by atoms with Gasteiger partial charge in [-0.15, -0.1) is 5.10 Å². The summed E-state index contributed by atoms with van der Waals surface area (Å²) >= 11 is 0. The number of nitrogens with one attached hydrogen (secondary N) is 1. The summed E-state index contributed by atoms with van der Waals surface area (Å²) in [6.07, 6.45) is 27.1. The Kier molecular flexibility index (Phi) is 12.5. The highest BCUT2D eigenvalue weighted by Gasteiger charge is 2.48. The summed E-state index contributed by atoms with van der Waals surface area (Å²) < 4.78 is 1.96. The van der Waals surface area contributed by atoms with Gasteiger partial charge in [-0.2, -0.15) is 0 Å². The molecule has 1 amide bonds. The van der Waals surface area contributed by atoms with Crippen molar-refractivity contribution < 1.29 is 4.79 Å². The third-order valence-corrected chi connectivity index (χ3v) is 10.3. The van der Waals surface area contributed by atoms with Crippen LogP contribution in [0, 0.1) is 5.41 Å². The number of rotatable bonds is 9. The number of aryl methyl sites for hydroxylation is 2. The van der Waals surface area contributed by atoms with Crippen LogP contribution in [-0.2, 0) is 17.8 Å². The van der Waals surface area contributed by atoms with E-state index < -0.39 is 11.1 Å². The van der Waals surface area contributed by atoms with Crippen molar-refractivity contribution in [1.29, 1.82) is 0 Å². The molecule has 2 saturated carbocycles. The number of hydrogen-bond donors (Lipinski definition) is 3. The molecule has 0 aliphatic heterocycles. The molecule has 5 N–H and O–H groups in total. The summed E-state index contributed by atoms with van der Waals surface area (Å²) in [5.74, 6) is 0.00678. The van der Waals surface area contributed by atoms with Gasteiger partial charge in [-0.1, -0.05) is 82.8 Å². The van der Waals surface area contributed by atoms with Crippen molar-refractivity contribution in [2.24, 2.45) is 16.9 Å². The molecular weight excluding hydrogens is 496 g/mol. The smallest absolute Gasteiger partial charge is 0.220 e. The molecule has 40 heavy (non-hydrogen) atoms. The molecule has 3 unspecified atom stereocenters. The molecule has 1 heterocycles. The normalized spacial score (nSPS) is 30.9. The van der Waals surface area contributed by atoms with Gasteiger partial charge >= 0.3 is 0 Å². The van der Waals surface area contributed by atoms with Crippen LogP contribution in [0.25, 0.3) is 0 Å². The van der Waals surface area contributed by atoms with E-state index in [4.69, 9.17) is 11.5 Å². The van der Waals surface area contributed by atoms with E-state index in [1.807, 2.05) is 17.8 Å². The first kappa shape index (κ1) is 33.0.